The lowest BCUT2D eigenvalue weighted by Gasteiger charge is -2.15. The van der Waals surface area contributed by atoms with Gasteiger partial charge in [-0.15, -0.1) is 0 Å². The highest BCUT2D eigenvalue weighted by atomic mass is 32.2. The van der Waals surface area contributed by atoms with E-state index in [1.54, 1.807) is 60.7 Å². The van der Waals surface area contributed by atoms with Gasteiger partial charge in [-0.05, 0) is 30.3 Å². The number of amides is 2. The number of imide groups is 1. The molecule has 0 fully saturated rings. The van der Waals surface area contributed by atoms with Crippen LogP contribution in [0, 0.1) is 0 Å². The maximum absolute atomic E-state index is 13.2. The number of carbonyl (C=O) groups excluding carboxylic acids is 2. The van der Waals surface area contributed by atoms with E-state index >= 15 is 0 Å². The van der Waals surface area contributed by atoms with Gasteiger partial charge in [0.1, 0.15) is 5.76 Å². The molecule has 1 heterocycles. The Morgan fingerprint density at radius 3 is 2.00 bits per heavy atom. The van der Waals surface area contributed by atoms with E-state index in [4.69, 9.17) is 0 Å². The number of rotatable bonds is 3. The van der Waals surface area contributed by atoms with E-state index in [9.17, 15) is 23.1 Å². The Balaban J connectivity index is 1.94. The number of fused-ring (bicyclic) bond motifs is 1. The summed E-state index contributed by atoms with van der Waals surface area (Å²) in [4.78, 5) is 27.2. The molecule has 0 bridgehead atoms. The number of carbonyl (C=O) groups is 2. The Bertz CT molecular complexity index is 1220. The average molecular weight is 405 g/mol. The highest BCUT2D eigenvalue weighted by Gasteiger charge is 2.39. The van der Waals surface area contributed by atoms with Crippen LogP contribution < -0.4 is 4.90 Å². The van der Waals surface area contributed by atoms with Crippen molar-refractivity contribution in [1.82, 2.24) is 0 Å². The second-order valence-electron chi connectivity index (χ2n) is 6.36. The van der Waals surface area contributed by atoms with Crippen LogP contribution in [0.4, 0.5) is 5.69 Å². The van der Waals surface area contributed by atoms with Gasteiger partial charge < -0.3 is 5.11 Å². The predicted octanol–water partition coefficient (Wildman–Crippen LogP) is 3.27. The standard InChI is InChI=1S/C22H15NO5S/c24-20(14-7-3-1-4-8-14)19-17-13-16(29(27)28)11-12-18(17)23(22(19)26)21(25)15-9-5-2-6-10-15/h1-13,24,29H/b20-19-. The van der Waals surface area contributed by atoms with E-state index in [2.05, 4.69) is 0 Å². The van der Waals surface area contributed by atoms with Gasteiger partial charge in [0.25, 0.3) is 11.8 Å². The maximum Gasteiger partial charge on any atom is 0.269 e. The van der Waals surface area contributed by atoms with Crippen LogP contribution in [0.3, 0.4) is 0 Å². The molecule has 0 aliphatic carbocycles. The lowest BCUT2D eigenvalue weighted by Crippen LogP contribution is -2.33. The summed E-state index contributed by atoms with van der Waals surface area (Å²) in [5.41, 5.74) is 0.979. The van der Waals surface area contributed by atoms with Gasteiger partial charge in [0, 0.05) is 16.7 Å². The largest absolute Gasteiger partial charge is 0.506 e. The van der Waals surface area contributed by atoms with Crippen molar-refractivity contribution in [3.05, 3.63) is 95.6 Å². The lowest BCUT2D eigenvalue weighted by molar-refractivity contribution is -0.112. The van der Waals surface area contributed by atoms with E-state index in [-0.39, 0.29) is 27.5 Å². The van der Waals surface area contributed by atoms with Gasteiger partial charge in [-0.1, -0.05) is 48.5 Å². The summed E-state index contributed by atoms with van der Waals surface area (Å²) in [5, 5.41) is 10.8. The number of aliphatic hydroxyl groups excluding tert-OH is 1. The van der Waals surface area contributed by atoms with Crippen LogP contribution in [0.5, 0.6) is 0 Å². The molecule has 0 unspecified atom stereocenters. The Hall–Kier alpha value is -3.71. The minimum atomic E-state index is -2.90. The van der Waals surface area contributed by atoms with Crippen LogP contribution >= 0.6 is 0 Å². The molecule has 0 saturated heterocycles. The van der Waals surface area contributed by atoms with E-state index in [1.807, 2.05) is 0 Å². The van der Waals surface area contributed by atoms with Crippen molar-refractivity contribution >= 4 is 39.5 Å². The Kier molecular flexibility index (Phi) is 4.74. The molecule has 3 aromatic rings. The first-order chi connectivity index (χ1) is 14.0. The summed E-state index contributed by atoms with van der Waals surface area (Å²) in [6.45, 7) is 0. The summed E-state index contributed by atoms with van der Waals surface area (Å²) in [6, 6.07) is 20.7. The van der Waals surface area contributed by atoms with Crippen LogP contribution in [-0.4, -0.2) is 25.3 Å². The van der Waals surface area contributed by atoms with Crippen LogP contribution in [0.2, 0.25) is 0 Å². The number of anilines is 1. The summed E-state index contributed by atoms with van der Waals surface area (Å²) >= 11 is 0. The highest BCUT2D eigenvalue weighted by Crippen LogP contribution is 2.41. The van der Waals surface area contributed by atoms with Crippen LogP contribution in [0.25, 0.3) is 11.3 Å². The summed E-state index contributed by atoms with van der Waals surface area (Å²) < 4.78 is 22.9. The zero-order chi connectivity index (χ0) is 20.5. The quantitative estimate of drug-likeness (QED) is 0.302. The zero-order valence-electron chi connectivity index (χ0n) is 15.0. The van der Waals surface area contributed by atoms with E-state index in [0.717, 1.165) is 4.90 Å². The van der Waals surface area contributed by atoms with Gasteiger partial charge in [-0.3, -0.25) is 9.59 Å². The molecule has 4 rings (SSSR count). The molecule has 7 heteroatoms. The molecule has 0 radical (unpaired) electrons. The summed E-state index contributed by atoms with van der Waals surface area (Å²) in [5.74, 6) is -1.60. The number of nitrogens with zero attached hydrogens (tertiary/aromatic N) is 1. The molecule has 29 heavy (non-hydrogen) atoms. The fourth-order valence-electron chi connectivity index (χ4n) is 3.25. The molecule has 1 N–H and O–H groups in total. The van der Waals surface area contributed by atoms with Gasteiger partial charge in [0.15, 0.2) is 10.7 Å². The molecule has 6 nitrogen and oxygen atoms in total. The molecule has 0 saturated carbocycles. The molecule has 1 aliphatic rings. The molecule has 3 aromatic carbocycles. The van der Waals surface area contributed by atoms with Crippen molar-refractivity contribution < 1.29 is 23.1 Å². The van der Waals surface area contributed by atoms with E-state index in [0.29, 0.717) is 11.1 Å². The number of aliphatic hydroxyl groups is 1. The van der Waals surface area contributed by atoms with Crippen molar-refractivity contribution in [3.63, 3.8) is 0 Å². The molecule has 1 aliphatic heterocycles. The monoisotopic (exact) mass is 405 g/mol. The molecule has 2 amide bonds. The third-order valence-electron chi connectivity index (χ3n) is 4.63. The normalized spacial score (nSPS) is 14.8. The van der Waals surface area contributed by atoms with Crippen molar-refractivity contribution in [2.75, 3.05) is 4.90 Å². The first-order valence-electron chi connectivity index (χ1n) is 8.70. The van der Waals surface area contributed by atoms with E-state index in [1.165, 1.54) is 18.2 Å². The molecule has 0 atom stereocenters. The Morgan fingerprint density at radius 2 is 1.41 bits per heavy atom. The van der Waals surface area contributed by atoms with Gasteiger partial charge in [-0.2, -0.15) is 0 Å². The van der Waals surface area contributed by atoms with Crippen molar-refractivity contribution in [3.8, 4) is 0 Å². The predicted molar refractivity (Wildman–Crippen MR) is 109 cm³/mol. The Labute approximate surface area is 168 Å². The maximum atomic E-state index is 13.2. The second kappa shape index (κ2) is 7.37. The molecular formula is C22H15NO5S. The van der Waals surface area contributed by atoms with Crippen molar-refractivity contribution in [2.45, 2.75) is 4.90 Å². The fraction of sp³-hybridized carbons (Fsp3) is 0. The SMILES string of the molecule is O=C1/C(=C(\O)c2ccccc2)c2cc([SH](=O)=O)ccc2N1C(=O)c1ccccc1. The smallest absolute Gasteiger partial charge is 0.269 e. The number of hydrogen-bond acceptors (Lipinski definition) is 5. The first-order valence-corrected chi connectivity index (χ1v) is 9.88. The first kappa shape index (κ1) is 18.6. The minimum Gasteiger partial charge on any atom is -0.506 e. The van der Waals surface area contributed by atoms with Gasteiger partial charge in [-0.25, -0.2) is 13.3 Å². The minimum absolute atomic E-state index is 0.0149. The molecule has 144 valence electrons. The lowest BCUT2D eigenvalue weighted by atomic mass is 10.0. The summed E-state index contributed by atoms with van der Waals surface area (Å²) in [7, 11) is -2.90. The molecule has 0 spiro atoms. The summed E-state index contributed by atoms with van der Waals surface area (Å²) in [6.07, 6.45) is 0. The third-order valence-corrected chi connectivity index (χ3v) is 5.33. The van der Waals surface area contributed by atoms with Crippen LogP contribution in [0.15, 0.2) is 83.8 Å². The number of hydrogen-bond donors (Lipinski definition) is 2. The van der Waals surface area contributed by atoms with Crippen molar-refractivity contribution in [1.29, 1.82) is 0 Å². The third kappa shape index (κ3) is 3.21. The van der Waals surface area contributed by atoms with Crippen LogP contribution in [0.1, 0.15) is 21.5 Å². The number of thiol groups is 1. The highest BCUT2D eigenvalue weighted by molar-refractivity contribution is 7.72. The van der Waals surface area contributed by atoms with Gasteiger partial charge in [0.2, 0.25) is 0 Å². The molecular weight excluding hydrogens is 390 g/mol. The molecule has 0 aromatic heterocycles. The average Bonchev–Trinajstić information content (AvgIpc) is 3.04. The number of benzene rings is 3. The van der Waals surface area contributed by atoms with Crippen molar-refractivity contribution in [2.24, 2.45) is 0 Å². The second-order valence-corrected chi connectivity index (χ2v) is 7.39. The topological polar surface area (TPSA) is 91.8 Å². The van der Waals surface area contributed by atoms with E-state index < -0.39 is 22.5 Å². The van der Waals surface area contributed by atoms with Crippen LogP contribution in [-0.2, 0) is 15.5 Å². The zero-order valence-corrected chi connectivity index (χ0v) is 15.9. The van der Waals surface area contributed by atoms with Gasteiger partial charge in [0.05, 0.1) is 16.2 Å². The Morgan fingerprint density at radius 1 is 0.828 bits per heavy atom. The van der Waals surface area contributed by atoms with Gasteiger partial charge >= 0.3 is 0 Å². The fourth-order valence-corrected chi connectivity index (χ4v) is 3.68.